The Morgan fingerprint density at radius 3 is 1.84 bits per heavy atom. The molecule has 294 valence electrons. The Morgan fingerprint density at radius 1 is 0.492 bits per heavy atom. The van der Waals surface area contributed by atoms with Crippen LogP contribution in [0.15, 0.2) is 194 Å². The number of hydrogen-bond acceptors (Lipinski definition) is 1. The molecule has 0 saturated carbocycles. The Bertz CT molecular complexity index is 3320. The van der Waals surface area contributed by atoms with Gasteiger partial charge >= 0.3 is 0 Å². The molecule has 2 heteroatoms. The zero-order chi connectivity index (χ0) is 41.2. The van der Waals surface area contributed by atoms with Gasteiger partial charge in [0.1, 0.15) is 0 Å². The van der Waals surface area contributed by atoms with E-state index in [1.807, 2.05) is 13.8 Å². The fourth-order valence-electron chi connectivity index (χ4n) is 10.4. The predicted octanol–water partition coefficient (Wildman–Crippen LogP) is 16.7. The minimum Gasteiger partial charge on any atom is -0.310 e. The van der Waals surface area contributed by atoms with Crippen molar-refractivity contribution in [2.24, 2.45) is 0 Å². The van der Waals surface area contributed by atoms with Crippen LogP contribution in [0.5, 0.6) is 0 Å². The first-order valence-corrected chi connectivity index (χ1v) is 21.9. The molecule has 0 N–H and O–H groups in total. The summed E-state index contributed by atoms with van der Waals surface area (Å²) >= 11 is 0. The van der Waals surface area contributed by atoms with Crippen LogP contribution >= 0.6 is 0 Å². The molecule has 10 aromatic rings. The van der Waals surface area contributed by atoms with Crippen molar-refractivity contribution in [3.63, 3.8) is 0 Å². The quantitative estimate of drug-likeness (QED) is 0.163. The number of nitrogens with zero attached hydrogens (tertiary/aromatic N) is 2. The number of fused-ring (bicyclic) bond motifs is 9. The summed E-state index contributed by atoms with van der Waals surface area (Å²) in [4.78, 5) is 2.46. The van der Waals surface area contributed by atoms with Crippen LogP contribution in [-0.2, 0) is 5.41 Å². The Labute approximate surface area is 358 Å². The van der Waals surface area contributed by atoms with Crippen molar-refractivity contribution in [1.82, 2.24) is 4.40 Å². The highest BCUT2D eigenvalue weighted by atomic mass is 15.1. The third kappa shape index (κ3) is 5.70. The minimum atomic E-state index is -0.146. The molecule has 8 aromatic carbocycles. The first-order valence-electron chi connectivity index (χ1n) is 21.9. The van der Waals surface area contributed by atoms with Gasteiger partial charge in [-0.2, -0.15) is 0 Å². The molecule has 12 rings (SSSR count). The number of hydrogen-bond donors (Lipinski definition) is 0. The third-order valence-corrected chi connectivity index (χ3v) is 13.1. The van der Waals surface area contributed by atoms with Crippen LogP contribution in [0.3, 0.4) is 0 Å². The zero-order valence-electron chi connectivity index (χ0n) is 35.3. The van der Waals surface area contributed by atoms with Gasteiger partial charge in [0.15, 0.2) is 0 Å². The Kier molecular flexibility index (Phi) is 8.79. The maximum absolute atomic E-state index is 2.47. The van der Waals surface area contributed by atoms with Gasteiger partial charge in [0.05, 0.1) is 22.2 Å². The van der Waals surface area contributed by atoms with Crippen molar-refractivity contribution in [3.8, 4) is 33.4 Å². The predicted molar refractivity (Wildman–Crippen MR) is 262 cm³/mol. The van der Waals surface area contributed by atoms with Crippen LogP contribution in [0.4, 0.5) is 17.1 Å². The monoisotopic (exact) mass is 784 g/mol. The van der Waals surface area contributed by atoms with Crippen LogP contribution in [0.2, 0.25) is 0 Å². The average molecular weight is 785 g/mol. The van der Waals surface area contributed by atoms with Crippen molar-refractivity contribution >= 4 is 60.7 Å². The fraction of sp³-hybridized carbons (Fsp3) is 0.119. The van der Waals surface area contributed by atoms with Gasteiger partial charge in [-0.25, -0.2) is 0 Å². The van der Waals surface area contributed by atoms with E-state index in [1.165, 1.54) is 99.4 Å². The molecule has 0 aliphatic heterocycles. The summed E-state index contributed by atoms with van der Waals surface area (Å²) in [5.74, 6) is 0. The van der Waals surface area contributed by atoms with Crippen LogP contribution in [0, 0.1) is 0 Å². The van der Waals surface area contributed by atoms with Gasteiger partial charge in [-0.15, -0.1) is 0 Å². The summed E-state index contributed by atoms with van der Waals surface area (Å²) in [5, 5.41) is 5.10. The highest BCUT2D eigenvalue weighted by Gasteiger charge is 2.38. The van der Waals surface area contributed by atoms with E-state index in [9.17, 15) is 0 Å². The van der Waals surface area contributed by atoms with Crippen LogP contribution in [0.1, 0.15) is 57.2 Å². The van der Waals surface area contributed by atoms with Crippen LogP contribution < -0.4 is 4.90 Å². The van der Waals surface area contributed by atoms with Gasteiger partial charge in [0.2, 0.25) is 0 Å². The topological polar surface area (TPSA) is 7.65 Å². The first-order chi connectivity index (χ1) is 30.0. The second-order valence-corrected chi connectivity index (χ2v) is 16.8. The zero-order valence-corrected chi connectivity index (χ0v) is 35.3. The molecular formula is C59H48N2. The van der Waals surface area contributed by atoms with E-state index in [0.29, 0.717) is 0 Å². The summed E-state index contributed by atoms with van der Waals surface area (Å²) < 4.78 is 2.47. The molecule has 0 amide bonds. The lowest BCUT2D eigenvalue weighted by molar-refractivity contribution is 0.662. The number of para-hydroxylation sites is 2. The van der Waals surface area contributed by atoms with Crippen molar-refractivity contribution in [3.05, 3.63) is 211 Å². The first kappa shape index (κ1) is 36.9. The summed E-state index contributed by atoms with van der Waals surface area (Å²) in [5.41, 5.74) is 20.1. The van der Waals surface area contributed by atoms with Gasteiger partial charge in [-0.1, -0.05) is 173 Å². The van der Waals surface area contributed by atoms with E-state index in [2.05, 4.69) is 217 Å². The van der Waals surface area contributed by atoms with E-state index < -0.39 is 0 Å². The molecule has 0 radical (unpaired) electrons. The van der Waals surface area contributed by atoms with Gasteiger partial charge in [0.25, 0.3) is 0 Å². The second kappa shape index (κ2) is 14.5. The molecular weight excluding hydrogens is 737 g/mol. The van der Waals surface area contributed by atoms with Crippen LogP contribution in [-0.4, -0.2) is 4.40 Å². The number of benzene rings is 8. The fourth-order valence-corrected chi connectivity index (χ4v) is 10.4. The summed E-state index contributed by atoms with van der Waals surface area (Å²) in [6.45, 7) is 8.81. The van der Waals surface area contributed by atoms with Crippen molar-refractivity contribution < 1.29 is 0 Å². The Balaban J connectivity index is 0.00000207. The number of allylic oxidation sites excluding steroid dienone is 4. The standard InChI is InChI=1S/C57H42N2.C2H6/c1-57(2)50-36-41(38-16-7-4-8-17-38)28-33-45(50)47-21-13-20-44(55(47)57)40-26-31-43(32-27-40)58(42-29-24-39(25-30-42)37-14-5-3-6-15-37)53-35-34-48-46-18-9-11-22-51(46)59-52-23-12-10-19-49(52)54(53)56(48)59;1-2/h3,5-7,9-36H,4,8H2,1-2H3;1-2H3. The molecule has 2 nitrogen and oxygen atoms in total. The highest BCUT2D eigenvalue weighted by Crippen LogP contribution is 2.53. The van der Waals surface area contributed by atoms with E-state index in [1.54, 1.807) is 0 Å². The molecule has 2 heterocycles. The lowest BCUT2D eigenvalue weighted by Gasteiger charge is -2.28. The lowest BCUT2D eigenvalue weighted by Crippen LogP contribution is -2.16. The maximum Gasteiger partial charge on any atom is 0.0641 e. The lowest BCUT2D eigenvalue weighted by atomic mass is 9.78. The number of rotatable bonds is 6. The molecule has 61 heavy (non-hydrogen) atoms. The van der Waals surface area contributed by atoms with Gasteiger partial charge in [-0.3, -0.25) is 0 Å². The molecule has 0 fully saturated rings. The van der Waals surface area contributed by atoms with E-state index in [0.717, 1.165) is 24.2 Å². The largest absolute Gasteiger partial charge is 0.310 e. The average Bonchev–Trinajstić information content (AvgIpc) is 3.94. The highest BCUT2D eigenvalue weighted by molar-refractivity contribution is 6.27. The molecule has 0 bridgehead atoms. The SMILES string of the molecule is CC.CC1(C)c2cc(C3=CCCC=C3)ccc2-c2cccc(-c3ccc(N(c4ccc(-c5ccccc5)cc4)c4ccc5c6ccccc6n6c7ccccc7c4c56)cc3)c21. The van der Waals surface area contributed by atoms with Crippen molar-refractivity contribution in [2.75, 3.05) is 4.90 Å². The molecule has 2 aliphatic rings. The van der Waals surface area contributed by atoms with Crippen molar-refractivity contribution in [2.45, 2.75) is 46.0 Å². The van der Waals surface area contributed by atoms with E-state index >= 15 is 0 Å². The molecule has 2 aromatic heterocycles. The van der Waals surface area contributed by atoms with Gasteiger partial charge in [0, 0.05) is 38.3 Å². The van der Waals surface area contributed by atoms with E-state index in [-0.39, 0.29) is 5.41 Å². The molecule has 0 unspecified atom stereocenters. The second-order valence-electron chi connectivity index (χ2n) is 16.8. The molecule has 0 saturated heterocycles. The van der Waals surface area contributed by atoms with Gasteiger partial charge in [-0.05, 0) is 117 Å². The van der Waals surface area contributed by atoms with Crippen molar-refractivity contribution in [1.29, 1.82) is 0 Å². The van der Waals surface area contributed by atoms with Crippen LogP contribution in [0.25, 0.3) is 77.0 Å². The maximum atomic E-state index is 2.47. The van der Waals surface area contributed by atoms with E-state index in [4.69, 9.17) is 0 Å². The summed E-state index contributed by atoms with van der Waals surface area (Å²) in [7, 11) is 0. The minimum absolute atomic E-state index is 0.146. The Morgan fingerprint density at radius 2 is 1.11 bits per heavy atom. The molecule has 0 atom stereocenters. The summed E-state index contributed by atoms with van der Waals surface area (Å²) in [6, 6.07) is 65.4. The molecule has 0 spiro atoms. The summed E-state index contributed by atoms with van der Waals surface area (Å²) in [6.07, 6.45) is 9.21. The molecule has 2 aliphatic carbocycles. The van der Waals surface area contributed by atoms with Gasteiger partial charge < -0.3 is 9.30 Å². The third-order valence-electron chi connectivity index (χ3n) is 13.1. The smallest absolute Gasteiger partial charge is 0.0641 e. The number of anilines is 3. The Hall–Kier alpha value is -7.16. The normalized spacial score (nSPS) is 13.9. The number of aromatic nitrogens is 1.